The fourth-order valence-corrected chi connectivity index (χ4v) is 4.74. The Hall–Kier alpha value is -0.170. The molecule has 0 amide bonds. The molecule has 124 valence electrons. The third kappa shape index (κ3) is 5.51. The summed E-state index contributed by atoms with van der Waals surface area (Å²) in [7, 11) is -2.81. The van der Waals surface area contributed by atoms with E-state index in [-0.39, 0.29) is 18.2 Å². The predicted octanol–water partition coefficient (Wildman–Crippen LogP) is 0.779. The van der Waals surface area contributed by atoms with E-state index in [0.29, 0.717) is 24.1 Å². The second kappa shape index (κ2) is 6.94. The highest BCUT2D eigenvalue weighted by Crippen LogP contribution is 2.25. The molecular formula is C15H30N2O3S. The maximum absolute atomic E-state index is 11.6. The monoisotopic (exact) mass is 318 g/mol. The Morgan fingerprint density at radius 3 is 2.62 bits per heavy atom. The molecule has 0 aromatic heterocycles. The van der Waals surface area contributed by atoms with Crippen molar-refractivity contribution in [2.45, 2.75) is 63.6 Å². The van der Waals surface area contributed by atoms with Crippen LogP contribution in [0.4, 0.5) is 0 Å². The van der Waals surface area contributed by atoms with Crippen LogP contribution in [0.2, 0.25) is 0 Å². The van der Waals surface area contributed by atoms with Gasteiger partial charge in [0.15, 0.2) is 9.84 Å². The van der Waals surface area contributed by atoms with Crippen LogP contribution in [0.3, 0.4) is 0 Å². The van der Waals surface area contributed by atoms with Gasteiger partial charge in [-0.1, -0.05) is 6.42 Å². The van der Waals surface area contributed by atoms with Gasteiger partial charge < -0.3 is 10.4 Å². The van der Waals surface area contributed by atoms with Crippen molar-refractivity contribution in [2.24, 2.45) is 0 Å². The molecule has 5 nitrogen and oxygen atoms in total. The summed E-state index contributed by atoms with van der Waals surface area (Å²) in [6.07, 6.45) is 5.56. The lowest BCUT2D eigenvalue weighted by Crippen LogP contribution is -2.48. The van der Waals surface area contributed by atoms with Crippen LogP contribution in [0.15, 0.2) is 0 Å². The first-order chi connectivity index (χ1) is 9.84. The Labute approximate surface area is 129 Å². The molecule has 0 radical (unpaired) electrons. The third-order valence-electron chi connectivity index (χ3n) is 4.71. The molecule has 2 aliphatic rings. The fourth-order valence-electron chi connectivity index (χ4n) is 3.11. The number of aliphatic hydroxyl groups excluding tert-OH is 1. The number of aliphatic hydroxyl groups is 1. The first kappa shape index (κ1) is 17.2. The van der Waals surface area contributed by atoms with Gasteiger partial charge in [0.05, 0.1) is 18.1 Å². The minimum absolute atomic E-state index is 0.137. The zero-order valence-electron chi connectivity index (χ0n) is 13.3. The average molecular weight is 318 g/mol. The molecule has 2 N–H and O–H groups in total. The number of nitrogens with one attached hydrogen (secondary N) is 1. The van der Waals surface area contributed by atoms with E-state index in [2.05, 4.69) is 17.1 Å². The molecule has 1 saturated heterocycles. The molecular weight excluding hydrogens is 288 g/mol. The number of sulfone groups is 1. The Morgan fingerprint density at radius 1 is 1.33 bits per heavy atom. The predicted molar refractivity (Wildman–Crippen MR) is 85.2 cm³/mol. The number of nitrogens with zero attached hydrogens (tertiary/aromatic N) is 1. The molecule has 2 atom stereocenters. The van der Waals surface area contributed by atoms with Gasteiger partial charge in [-0.15, -0.1) is 0 Å². The highest BCUT2D eigenvalue weighted by molar-refractivity contribution is 7.91. The summed E-state index contributed by atoms with van der Waals surface area (Å²) in [6.45, 7) is 5.91. The summed E-state index contributed by atoms with van der Waals surface area (Å²) in [5, 5.41) is 13.1. The molecule has 1 saturated carbocycles. The van der Waals surface area contributed by atoms with Gasteiger partial charge in [0.1, 0.15) is 0 Å². The van der Waals surface area contributed by atoms with E-state index in [1.54, 1.807) is 0 Å². The zero-order valence-corrected chi connectivity index (χ0v) is 14.2. The van der Waals surface area contributed by atoms with Gasteiger partial charge >= 0.3 is 0 Å². The Balaban J connectivity index is 1.67. The maximum atomic E-state index is 11.6. The van der Waals surface area contributed by atoms with E-state index in [1.807, 2.05) is 6.92 Å². The van der Waals surface area contributed by atoms with Crippen LogP contribution in [0.5, 0.6) is 0 Å². The van der Waals surface area contributed by atoms with Gasteiger partial charge in [0.2, 0.25) is 0 Å². The van der Waals surface area contributed by atoms with Crippen molar-refractivity contribution in [1.82, 2.24) is 10.2 Å². The zero-order chi connectivity index (χ0) is 15.5. The van der Waals surface area contributed by atoms with Crippen LogP contribution >= 0.6 is 0 Å². The van der Waals surface area contributed by atoms with Crippen LogP contribution in [0.25, 0.3) is 0 Å². The molecule has 2 rings (SSSR count). The van der Waals surface area contributed by atoms with E-state index in [0.717, 1.165) is 25.8 Å². The summed E-state index contributed by atoms with van der Waals surface area (Å²) in [5.41, 5.74) is -0.155. The van der Waals surface area contributed by atoms with E-state index < -0.39 is 9.84 Å². The Bertz CT molecular complexity index is 436. The SMILES string of the molecule is CC1CS(=O)(=O)CCN1CCCCC(C)(CO)NC1CC1. The first-order valence-corrected chi connectivity index (χ1v) is 9.99. The molecule has 6 heteroatoms. The summed E-state index contributed by atoms with van der Waals surface area (Å²) in [5.74, 6) is 0.597. The molecule has 21 heavy (non-hydrogen) atoms. The van der Waals surface area contributed by atoms with Gasteiger partial charge in [0.25, 0.3) is 0 Å². The lowest BCUT2D eigenvalue weighted by Gasteiger charge is -2.33. The highest BCUT2D eigenvalue weighted by Gasteiger charge is 2.32. The van der Waals surface area contributed by atoms with E-state index >= 15 is 0 Å². The second-order valence-corrected chi connectivity index (χ2v) is 9.32. The molecule has 1 heterocycles. The van der Waals surface area contributed by atoms with Crippen molar-refractivity contribution in [3.8, 4) is 0 Å². The van der Waals surface area contributed by atoms with Crippen LogP contribution < -0.4 is 5.32 Å². The van der Waals surface area contributed by atoms with Crippen molar-refractivity contribution >= 4 is 9.84 Å². The number of hydrogen-bond acceptors (Lipinski definition) is 5. The minimum Gasteiger partial charge on any atom is -0.394 e. The lowest BCUT2D eigenvalue weighted by atomic mass is 9.95. The van der Waals surface area contributed by atoms with Crippen molar-refractivity contribution in [3.63, 3.8) is 0 Å². The van der Waals surface area contributed by atoms with Crippen LogP contribution in [0, 0.1) is 0 Å². The smallest absolute Gasteiger partial charge is 0.153 e. The van der Waals surface area contributed by atoms with Crippen molar-refractivity contribution in [2.75, 3.05) is 31.2 Å². The molecule has 1 aliphatic carbocycles. The number of unbranched alkanes of at least 4 members (excludes halogenated alkanes) is 1. The van der Waals surface area contributed by atoms with Gasteiger partial charge in [-0.05, 0) is 46.1 Å². The highest BCUT2D eigenvalue weighted by atomic mass is 32.2. The molecule has 2 fully saturated rings. The van der Waals surface area contributed by atoms with Gasteiger partial charge in [-0.2, -0.15) is 0 Å². The Kier molecular flexibility index (Phi) is 5.68. The van der Waals surface area contributed by atoms with Crippen LogP contribution in [-0.4, -0.2) is 67.2 Å². The van der Waals surface area contributed by atoms with Crippen molar-refractivity contribution in [3.05, 3.63) is 0 Å². The van der Waals surface area contributed by atoms with Crippen molar-refractivity contribution in [1.29, 1.82) is 0 Å². The largest absolute Gasteiger partial charge is 0.394 e. The van der Waals surface area contributed by atoms with E-state index in [9.17, 15) is 13.5 Å². The van der Waals surface area contributed by atoms with Crippen molar-refractivity contribution < 1.29 is 13.5 Å². The number of hydrogen-bond donors (Lipinski definition) is 2. The summed E-state index contributed by atoms with van der Waals surface area (Å²) < 4.78 is 23.1. The normalized spacial score (nSPS) is 29.2. The van der Waals surface area contributed by atoms with E-state index in [4.69, 9.17) is 0 Å². The van der Waals surface area contributed by atoms with Crippen LogP contribution in [-0.2, 0) is 9.84 Å². The van der Waals surface area contributed by atoms with Gasteiger partial charge in [-0.3, -0.25) is 4.90 Å². The average Bonchev–Trinajstić information content (AvgIpc) is 3.20. The summed E-state index contributed by atoms with van der Waals surface area (Å²) >= 11 is 0. The summed E-state index contributed by atoms with van der Waals surface area (Å²) in [6, 6.07) is 0.743. The van der Waals surface area contributed by atoms with Crippen LogP contribution in [0.1, 0.15) is 46.0 Å². The maximum Gasteiger partial charge on any atom is 0.153 e. The fraction of sp³-hybridized carbons (Fsp3) is 1.00. The summed E-state index contributed by atoms with van der Waals surface area (Å²) in [4.78, 5) is 2.28. The standard InChI is InChI=1S/C15H30N2O3S/c1-13-11-21(19,20)10-9-17(13)8-4-3-7-15(2,12-18)16-14-5-6-14/h13-14,16,18H,3-12H2,1-2H3. The molecule has 0 spiro atoms. The molecule has 0 aromatic rings. The molecule has 1 aliphatic heterocycles. The quantitative estimate of drug-likeness (QED) is 0.647. The Morgan fingerprint density at radius 2 is 2.05 bits per heavy atom. The van der Waals surface area contributed by atoms with E-state index in [1.165, 1.54) is 12.8 Å². The van der Waals surface area contributed by atoms with Gasteiger partial charge in [0, 0.05) is 24.2 Å². The molecule has 0 bridgehead atoms. The second-order valence-electron chi connectivity index (χ2n) is 7.09. The topological polar surface area (TPSA) is 69.6 Å². The third-order valence-corrected chi connectivity index (χ3v) is 6.51. The van der Waals surface area contributed by atoms with Gasteiger partial charge in [-0.25, -0.2) is 8.42 Å². The lowest BCUT2D eigenvalue weighted by molar-refractivity contribution is 0.157. The molecule has 2 unspecified atom stereocenters. The minimum atomic E-state index is -2.81. The molecule has 0 aromatic carbocycles. The first-order valence-electron chi connectivity index (χ1n) is 8.17. The number of rotatable bonds is 8.